The van der Waals surface area contributed by atoms with Crippen LogP contribution in [-0.2, 0) is 9.59 Å². The summed E-state index contributed by atoms with van der Waals surface area (Å²) in [4.78, 5) is 24.7. The maximum Gasteiger partial charge on any atom is 0.239 e. The third-order valence-electron chi connectivity index (χ3n) is 3.46. The van der Waals surface area contributed by atoms with Crippen LogP contribution < -0.4 is 10.6 Å². The first-order chi connectivity index (χ1) is 11.2. The van der Waals surface area contributed by atoms with E-state index >= 15 is 0 Å². The molecule has 0 radical (unpaired) electrons. The Morgan fingerprint density at radius 3 is 2.04 bits per heavy atom. The average molecular weight is 353 g/mol. The lowest BCUT2D eigenvalue weighted by Crippen LogP contribution is -2.42. The van der Waals surface area contributed by atoms with E-state index in [2.05, 4.69) is 10.6 Å². The Morgan fingerprint density at radius 1 is 0.917 bits per heavy atom. The molecule has 0 spiro atoms. The first-order valence-corrected chi connectivity index (χ1v) is 7.42. The zero-order chi connectivity index (χ0) is 17.9. The Labute approximate surface area is 142 Å². The summed E-state index contributed by atoms with van der Waals surface area (Å²) < 4.78 is 27.3. The van der Waals surface area contributed by atoms with Crippen molar-refractivity contribution in [1.29, 1.82) is 0 Å². The van der Waals surface area contributed by atoms with Crippen LogP contribution in [0.15, 0.2) is 42.5 Å². The quantitative estimate of drug-likeness (QED) is 0.809. The van der Waals surface area contributed by atoms with Crippen molar-refractivity contribution in [1.82, 2.24) is 0 Å². The SMILES string of the molecule is CC(C)(C(=O)Nc1ccccc1Cl)C(=O)Nc1c(F)cccc1F. The highest BCUT2D eigenvalue weighted by atomic mass is 35.5. The Hall–Kier alpha value is -2.47. The van der Waals surface area contributed by atoms with Gasteiger partial charge in [0.2, 0.25) is 11.8 Å². The van der Waals surface area contributed by atoms with Crippen LogP contribution in [0.4, 0.5) is 20.2 Å². The number of rotatable bonds is 4. The van der Waals surface area contributed by atoms with Crippen LogP contribution >= 0.6 is 11.6 Å². The van der Waals surface area contributed by atoms with Crippen LogP contribution in [0.1, 0.15) is 13.8 Å². The van der Waals surface area contributed by atoms with Crippen molar-refractivity contribution in [3.63, 3.8) is 0 Å². The normalized spacial score (nSPS) is 11.0. The summed E-state index contributed by atoms with van der Waals surface area (Å²) in [7, 11) is 0. The van der Waals surface area contributed by atoms with E-state index in [1.165, 1.54) is 19.9 Å². The molecule has 0 saturated heterocycles. The van der Waals surface area contributed by atoms with Crippen molar-refractivity contribution < 1.29 is 18.4 Å². The third-order valence-corrected chi connectivity index (χ3v) is 3.79. The molecule has 0 aliphatic heterocycles. The van der Waals surface area contributed by atoms with Crippen LogP contribution in [0.3, 0.4) is 0 Å². The van der Waals surface area contributed by atoms with Crippen LogP contribution in [0.25, 0.3) is 0 Å². The molecule has 0 fully saturated rings. The second kappa shape index (κ2) is 6.97. The van der Waals surface area contributed by atoms with Crippen molar-refractivity contribution in [3.8, 4) is 0 Å². The van der Waals surface area contributed by atoms with Gasteiger partial charge in [-0.25, -0.2) is 8.78 Å². The molecule has 2 rings (SSSR count). The number of para-hydroxylation sites is 2. The van der Waals surface area contributed by atoms with E-state index in [-0.39, 0.29) is 0 Å². The zero-order valence-corrected chi connectivity index (χ0v) is 13.7. The molecule has 0 aliphatic carbocycles. The zero-order valence-electron chi connectivity index (χ0n) is 13.0. The number of anilines is 2. The molecule has 4 nitrogen and oxygen atoms in total. The predicted molar refractivity (Wildman–Crippen MR) is 88.9 cm³/mol. The second-order valence-electron chi connectivity index (χ2n) is 5.61. The van der Waals surface area contributed by atoms with Gasteiger partial charge in [0, 0.05) is 0 Å². The van der Waals surface area contributed by atoms with E-state index in [1.54, 1.807) is 24.3 Å². The van der Waals surface area contributed by atoms with Gasteiger partial charge in [0.1, 0.15) is 22.7 Å². The number of benzene rings is 2. The first kappa shape index (κ1) is 17.9. The fourth-order valence-corrected chi connectivity index (χ4v) is 2.01. The highest BCUT2D eigenvalue weighted by Crippen LogP contribution is 2.26. The monoisotopic (exact) mass is 352 g/mol. The topological polar surface area (TPSA) is 58.2 Å². The summed E-state index contributed by atoms with van der Waals surface area (Å²) >= 11 is 5.95. The predicted octanol–water partition coefficient (Wildman–Crippen LogP) is 4.22. The number of carbonyl (C=O) groups excluding carboxylic acids is 2. The van der Waals surface area contributed by atoms with Crippen LogP contribution in [-0.4, -0.2) is 11.8 Å². The molecule has 2 amide bonds. The minimum atomic E-state index is -1.59. The molecule has 2 N–H and O–H groups in total. The molecule has 0 bridgehead atoms. The van der Waals surface area contributed by atoms with Crippen molar-refractivity contribution >= 4 is 34.8 Å². The number of nitrogens with one attached hydrogen (secondary N) is 2. The second-order valence-corrected chi connectivity index (χ2v) is 6.02. The molecule has 0 aromatic heterocycles. The molecular weight excluding hydrogens is 338 g/mol. The van der Waals surface area contributed by atoms with Gasteiger partial charge in [-0.15, -0.1) is 0 Å². The van der Waals surface area contributed by atoms with Crippen LogP contribution in [0.2, 0.25) is 5.02 Å². The van der Waals surface area contributed by atoms with Gasteiger partial charge in [-0.2, -0.15) is 0 Å². The summed E-state index contributed by atoms with van der Waals surface area (Å²) in [6.45, 7) is 2.68. The van der Waals surface area contributed by atoms with E-state index in [0.717, 1.165) is 12.1 Å². The Kier molecular flexibility index (Phi) is 5.19. The first-order valence-electron chi connectivity index (χ1n) is 7.05. The molecular formula is C17H15ClF2N2O2. The van der Waals surface area contributed by atoms with Crippen molar-refractivity contribution in [2.24, 2.45) is 5.41 Å². The fraction of sp³-hybridized carbons (Fsp3) is 0.176. The van der Waals surface area contributed by atoms with Crippen LogP contribution in [0.5, 0.6) is 0 Å². The number of halogens is 3. The van der Waals surface area contributed by atoms with E-state index < -0.39 is 34.6 Å². The highest BCUT2D eigenvalue weighted by Gasteiger charge is 2.37. The Balaban J connectivity index is 2.18. The molecule has 0 aliphatic rings. The van der Waals surface area contributed by atoms with Gasteiger partial charge in [-0.05, 0) is 38.1 Å². The van der Waals surface area contributed by atoms with E-state index in [4.69, 9.17) is 11.6 Å². The molecule has 0 saturated carbocycles. The van der Waals surface area contributed by atoms with Crippen molar-refractivity contribution in [2.75, 3.05) is 10.6 Å². The summed E-state index contributed by atoms with van der Waals surface area (Å²) in [5.41, 5.74) is -1.85. The molecule has 2 aromatic rings. The van der Waals surface area contributed by atoms with E-state index in [0.29, 0.717) is 10.7 Å². The van der Waals surface area contributed by atoms with Gasteiger partial charge in [0.15, 0.2) is 0 Å². The lowest BCUT2D eigenvalue weighted by Gasteiger charge is -2.23. The van der Waals surface area contributed by atoms with Gasteiger partial charge in [-0.1, -0.05) is 29.8 Å². The summed E-state index contributed by atoms with van der Waals surface area (Å²) in [6.07, 6.45) is 0. The van der Waals surface area contributed by atoms with Crippen LogP contribution in [0, 0.1) is 17.0 Å². The largest absolute Gasteiger partial charge is 0.324 e. The molecule has 24 heavy (non-hydrogen) atoms. The molecule has 0 atom stereocenters. The van der Waals surface area contributed by atoms with E-state index in [1.807, 2.05) is 0 Å². The van der Waals surface area contributed by atoms with Gasteiger partial charge in [0.25, 0.3) is 0 Å². The lowest BCUT2D eigenvalue weighted by atomic mass is 9.90. The maximum absolute atomic E-state index is 13.6. The Morgan fingerprint density at radius 2 is 1.46 bits per heavy atom. The number of hydrogen-bond donors (Lipinski definition) is 2. The number of amides is 2. The number of hydrogen-bond acceptors (Lipinski definition) is 2. The smallest absolute Gasteiger partial charge is 0.239 e. The van der Waals surface area contributed by atoms with E-state index in [9.17, 15) is 18.4 Å². The lowest BCUT2D eigenvalue weighted by molar-refractivity contribution is -0.135. The molecule has 0 unspecified atom stereocenters. The van der Waals surface area contributed by atoms with Gasteiger partial charge in [0.05, 0.1) is 10.7 Å². The minimum Gasteiger partial charge on any atom is -0.324 e. The number of carbonyl (C=O) groups is 2. The van der Waals surface area contributed by atoms with Crippen molar-refractivity contribution in [2.45, 2.75) is 13.8 Å². The summed E-state index contributed by atoms with van der Waals surface area (Å²) in [5, 5.41) is 4.95. The van der Waals surface area contributed by atoms with Gasteiger partial charge >= 0.3 is 0 Å². The standard InChI is InChI=1S/C17H15ClF2N2O2/c1-17(2,15(23)21-13-9-4-3-6-10(13)18)16(24)22-14-11(19)7-5-8-12(14)20/h3-9H,1-2H3,(H,21,23)(H,22,24). The molecule has 126 valence electrons. The summed E-state index contributed by atoms with van der Waals surface area (Å²) in [6, 6.07) is 9.71. The highest BCUT2D eigenvalue weighted by molar-refractivity contribution is 6.34. The molecule has 2 aromatic carbocycles. The molecule has 0 heterocycles. The Bertz CT molecular complexity index is 774. The van der Waals surface area contributed by atoms with Gasteiger partial charge < -0.3 is 10.6 Å². The summed E-state index contributed by atoms with van der Waals surface area (Å²) in [5.74, 6) is -3.36. The average Bonchev–Trinajstić information content (AvgIpc) is 2.53. The fourth-order valence-electron chi connectivity index (χ4n) is 1.83. The molecule has 7 heteroatoms. The van der Waals surface area contributed by atoms with Gasteiger partial charge in [-0.3, -0.25) is 9.59 Å². The maximum atomic E-state index is 13.6. The van der Waals surface area contributed by atoms with Crippen molar-refractivity contribution in [3.05, 3.63) is 59.1 Å². The minimum absolute atomic E-state index is 0.308. The third kappa shape index (κ3) is 3.71.